The number of nitrogens with one attached hydrogen (secondary N) is 2. The highest BCUT2D eigenvalue weighted by atomic mass is 16.5. The molecule has 9 heteroatoms. The number of aromatic nitrogens is 2. The summed E-state index contributed by atoms with van der Waals surface area (Å²) in [5.41, 5.74) is 0.709. The van der Waals surface area contributed by atoms with Gasteiger partial charge in [-0.25, -0.2) is 0 Å². The predicted octanol–water partition coefficient (Wildman–Crippen LogP) is 2.06. The third-order valence-corrected chi connectivity index (χ3v) is 5.41. The number of nitrogens with zero attached hydrogens (tertiary/aromatic N) is 2. The molecular formula is C24H28N4O5. The van der Waals surface area contributed by atoms with Gasteiger partial charge in [-0.15, -0.1) is 0 Å². The number of aromatic amines is 1. The van der Waals surface area contributed by atoms with Gasteiger partial charge in [-0.3, -0.25) is 19.2 Å². The minimum atomic E-state index is -0.730. The van der Waals surface area contributed by atoms with Crippen LogP contribution < -0.4 is 21.2 Å². The number of carbonyl (C=O) groups is 2. The van der Waals surface area contributed by atoms with Crippen LogP contribution in [0, 0.1) is 0 Å². The molecule has 0 bridgehead atoms. The predicted molar refractivity (Wildman–Crippen MR) is 126 cm³/mol. The van der Waals surface area contributed by atoms with Crippen LogP contribution >= 0.6 is 0 Å². The molecule has 2 aromatic carbocycles. The van der Waals surface area contributed by atoms with Crippen LogP contribution in [0.15, 0.2) is 52.1 Å². The van der Waals surface area contributed by atoms with Crippen molar-refractivity contribution in [3.05, 3.63) is 74.3 Å². The second kappa shape index (κ2) is 10.2. The lowest BCUT2D eigenvalue weighted by Crippen LogP contribution is -2.36. The van der Waals surface area contributed by atoms with Gasteiger partial charge in [-0.2, -0.15) is 0 Å². The number of likely N-dealkylation sites (N-methyl/N-ethyl adjacent to an activating group) is 1. The van der Waals surface area contributed by atoms with Gasteiger partial charge in [0, 0.05) is 31.8 Å². The van der Waals surface area contributed by atoms with Crippen molar-refractivity contribution in [2.45, 2.75) is 32.9 Å². The maximum absolute atomic E-state index is 13.0. The normalized spacial score (nSPS) is 11.8. The summed E-state index contributed by atoms with van der Waals surface area (Å²) in [4.78, 5) is 52.9. The summed E-state index contributed by atoms with van der Waals surface area (Å²) in [7, 11) is 3.31. The number of aryl methyl sites for hydroxylation is 1. The van der Waals surface area contributed by atoms with Gasteiger partial charge in [0.1, 0.15) is 5.75 Å². The van der Waals surface area contributed by atoms with Gasteiger partial charge in [0.15, 0.2) is 6.61 Å². The second-order valence-corrected chi connectivity index (χ2v) is 7.78. The number of fused-ring (bicyclic) bond motifs is 1. The second-order valence-electron chi connectivity index (χ2n) is 7.78. The van der Waals surface area contributed by atoms with Crippen molar-refractivity contribution in [2.24, 2.45) is 0 Å². The molecule has 9 nitrogen and oxygen atoms in total. The Bertz CT molecular complexity index is 1290. The largest absolute Gasteiger partial charge is 0.483 e. The quantitative estimate of drug-likeness (QED) is 0.508. The minimum absolute atomic E-state index is 0.106. The van der Waals surface area contributed by atoms with E-state index < -0.39 is 11.1 Å². The molecule has 2 N–H and O–H groups in total. The minimum Gasteiger partial charge on any atom is -0.483 e. The summed E-state index contributed by atoms with van der Waals surface area (Å²) in [6.07, 6.45) is 0.591. The van der Waals surface area contributed by atoms with E-state index in [1.54, 1.807) is 51.4 Å². The lowest BCUT2D eigenvalue weighted by Gasteiger charge is -2.21. The first kappa shape index (κ1) is 23.8. The summed E-state index contributed by atoms with van der Waals surface area (Å²) >= 11 is 0. The highest BCUT2D eigenvalue weighted by Crippen LogP contribution is 2.27. The van der Waals surface area contributed by atoms with Crippen LogP contribution in [0.25, 0.3) is 11.0 Å². The van der Waals surface area contributed by atoms with E-state index in [4.69, 9.17) is 4.74 Å². The number of rotatable bonds is 8. The van der Waals surface area contributed by atoms with Crippen molar-refractivity contribution in [1.29, 1.82) is 0 Å². The van der Waals surface area contributed by atoms with Crippen LogP contribution in [0.1, 0.15) is 42.2 Å². The number of benzene rings is 2. The Labute approximate surface area is 191 Å². The van der Waals surface area contributed by atoms with Gasteiger partial charge in [-0.05, 0) is 37.6 Å². The van der Waals surface area contributed by atoms with E-state index in [1.807, 2.05) is 19.1 Å². The first-order valence-electron chi connectivity index (χ1n) is 10.8. The number of amides is 2. The first-order valence-corrected chi connectivity index (χ1v) is 10.8. The van der Waals surface area contributed by atoms with E-state index in [2.05, 4.69) is 10.3 Å². The molecule has 1 heterocycles. The third kappa shape index (κ3) is 5.14. The Kier molecular flexibility index (Phi) is 7.32. The molecule has 1 unspecified atom stereocenters. The number of H-pyrrole nitrogens is 1. The van der Waals surface area contributed by atoms with Crippen LogP contribution in [-0.2, 0) is 11.3 Å². The van der Waals surface area contributed by atoms with Crippen LogP contribution in [0.4, 0.5) is 0 Å². The number of para-hydroxylation sites is 1. The summed E-state index contributed by atoms with van der Waals surface area (Å²) in [6, 6.07) is 11.7. The molecule has 0 aliphatic carbocycles. The monoisotopic (exact) mass is 452 g/mol. The summed E-state index contributed by atoms with van der Waals surface area (Å²) in [5, 5.41) is 2.99. The van der Waals surface area contributed by atoms with Crippen LogP contribution in [0.2, 0.25) is 0 Å². The molecular weight excluding hydrogens is 424 g/mol. The summed E-state index contributed by atoms with van der Waals surface area (Å²) in [6.45, 7) is 3.95. The number of hydrogen-bond donors (Lipinski definition) is 2. The van der Waals surface area contributed by atoms with Crippen molar-refractivity contribution < 1.29 is 14.3 Å². The van der Waals surface area contributed by atoms with E-state index in [1.165, 1.54) is 9.47 Å². The standard InChI is InChI=1S/C24H28N4O5/c1-5-17(16-9-7-8-10-20(16)33-14-21(29)27(3)4)25-22(30)15-11-12-19-18(13-15)26-23(31)24(32)28(19)6-2/h7-13,17H,5-6,14H2,1-4H3,(H,25,30)(H,26,31). The number of carbonyl (C=O) groups excluding carboxylic acids is 2. The average molecular weight is 453 g/mol. The molecule has 0 spiro atoms. The lowest BCUT2D eigenvalue weighted by atomic mass is 10.0. The van der Waals surface area contributed by atoms with Gasteiger partial charge in [0.2, 0.25) is 0 Å². The van der Waals surface area contributed by atoms with Crippen LogP contribution in [0.3, 0.4) is 0 Å². The molecule has 1 atom stereocenters. The fourth-order valence-electron chi connectivity index (χ4n) is 3.54. The van der Waals surface area contributed by atoms with Crippen molar-refractivity contribution in [1.82, 2.24) is 19.8 Å². The Morgan fingerprint density at radius 2 is 1.85 bits per heavy atom. The van der Waals surface area contributed by atoms with Gasteiger partial charge in [-0.1, -0.05) is 25.1 Å². The third-order valence-electron chi connectivity index (χ3n) is 5.41. The molecule has 0 fully saturated rings. The van der Waals surface area contributed by atoms with Crippen LogP contribution in [0.5, 0.6) is 5.75 Å². The molecule has 33 heavy (non-hydrogen) atoms. The average Bonchev–Trinajstić information content (AvgIpc) is 2.81. The molecule has 0 radical (unpaired) electrons. The molecule has 2 amide bonds. The fraction of sp³-hybridized carbons (Fsp3) is 0.333. The van der Waals surface area contributed by atoms with E-state index >= 15 is 0 Å². The molecule has 0 saturated heterocycles. The van der Waals surface area contributed by atoms with Gasteiger partial charge in [0.05, 0.1) is 17.1 Å². The highest BCUT2D eigenvalue weighted by Gasteiger charge is 2.19. The van der Waals surface area contributed by atoms with Gasteiger partial charge in [0.25, 0.3) is 11.8 Å². The molecule has 0 aliphatic heterocycles. The van der Waals surface area contributed by atoms with Crippen molar-refractivity contribution in [3.63, 3.8) is 0 Å². The van der Waals surface area contributed by atoms with Crippen molar-refractivity contribution in [3.8, 4) is 5.75 Å². The zero-order chi connectivity index (χ0) is 24.1. The zero-order valence-electron chi connectivity index (χ0n) is 19.2. The van der Waals surface area contributed by atoms with Gasteiger partial charge < -0.3 is 24.5 Å². The summed E-state index contributed by atoms with van der Waals surface area (Å²) < 4.78 is 7.09. The Hall–Kier alpha value is -3.88. The van der Waals surface area contributed by atoms with Crippen molar-refractivity contribution >= 4 is 22.8 Å². The Morgan fingerprint density at radius 1 is 1.12 bits per heavy atom. The Morgan fingerprint density at radius 3 is 2.52 bits per heavy atom. The topological polar surface area (TPSA) is 114 Å². The summed E-state index contributed by atoms with van der Waals surface area (Å²) in [5.74, 6) is 0.0188. The van der Waals surface area contributed by atoms with E-state index in [-0.39, 0.29) is 24.5 Å². The van der Waals surface area contributed by atoms with Gasteiger partial charge >= 0.3 is 11.1 Å². The fourth-order valence-corrected chi connectivity index (χ4v) is 3.54. The van der Waals surface area contributed by atoms with Crippen molar-refractivity contribution in [2.75, 3.05) is 20.7 Å². The molecule has 0 saturated carbocycles. The highest BCUT2D eigenvalue weighted by molar-refractivity contribution is 5.97. The van der Waals surface area contributed by atoms with E-state index in [9.17, 15) is 19.2 Å². The molecule has 3 rings (SSSR count). The zero-order valence-corrected chi connectivity index (χ0v) is 19.2. The SMILES string of the molecule is CCC(NC(=O)c1ccc2c(c1)[nH]c(=O)c(=O)n2CC)c1ccccc1OCC(=O)N(C)C. The maximum atomic E-state index is 13.0. The van der Waals surface area contributed by atoms with E-state index in [0.29, 0.717) is 35.3 Å². The molecule has 0 aliphatic rings. The molecule has 3 aromatic rings. The van der Waals surface area contributed by atoms with E-state index in [0.717, 1.165) is 5.56 Å². The smallest absolute Gasteiger partial charge is 0.316 e. The number of ether oxygens (including phenoxy) is 1. The molecule has 174 valence electrons. The lowest BCUT2D eigenvalue weighted by molar-refractivity contribution is -0.130. The molecule has 1 aromatic heterocycles. The Balaban J connectivity index is 1.87. The van der Waals surface area contributed by atoms with Crippen LogP contribution in [-0.4, -0.2) is 47.0 Å². The number of hydrogen-bond acceptors (Lipinski definition) is 5. The first-order chi connectivity index (χ1) is 15.8. The maximum Gasteiger partial charge on any atom is 0.316 e.